The van der Waals surface area contributed by atoms with Gasteiger partial charge < -0.3 is 59.1 Å². The summed E-state index contributed by atoms with van der Waals surface area (Å²) in [4.78, 5) is 68.0. The molecule has 21 heteroatoms. The van der Waals surface area contributed by atoms with Gasteiger partial charge in [0.15, 0.2) is 5.82 Å². The van der Waals surface area contributed by atoms with Gasteiger partial charge >= 0.3 is 0 Å². The third-order valence-electron chi connectivity index (χ3n) is 10.8. The van der Waals surface area contributed by atoms with Crippen LogP contribution >= 0.6 is 0 Å². The van der Waals surface area contributed by atoms with E-state index in [0.717, 1.165) is 11.1 Å². The number of fused-ring (bicyclic) bond motifs is 1. The number of methoxy groups -OCH3 is 1. The van der Waals surface area contributed by atoms with Crippen molar-refractivity contribution in [3.05, 3.63) is 71.6 Å². The number of nitriles is 1. The fraction of sp³-hybridized carbons (Fsp3) is 0.467. The molecule has 5 rings (SSSR count). The average molecular weight is 914 g/mol. The molecule has 0 spiro atoms. The summed E-state index contributed by atoms with van der Waals surface area (Å²) < 4.78 is 28.2. The van der Waals surface area contributed by atoms with E-state index in [4.69, 9.17) is 30.1 Å². The van der Waals surface area contributed by atoms with Crippen molar-refractivity contribution in [3.63, 3.8) is 0 Å². The quantitative estimate of drug-likeness (QED) is 0.0181. The smallest absolute Gasteiger partial charge is 0.295 e. The molecule has 0 aliphatic carbocycles. The minimum absolute atomic E-state index is 0.0115. The van der Waals surface area contributed by atoms with Gasteiger partial charge in [0.25, 0.3) is 17.6 Å². The summed E-state index contributed by atoms with van der Waals surface area (Å²) in [7, 11) is 1.40. The van der Waals surface area contributed by atoms with E-state index in [1.165, 1.54) is 40.3 Å². The molecule has 1 fully saturated rings. The van der Waals surface area contributed by atoms with Gasteiger partial charge in [0.1, 0.15) is 24.2 Å². The van der Waals surface area contributed by atoms with Crippen molar-refractivity contribution in [1.29, 1.82) is 5.26 Å². The standard InChI is InChI=1S/C45H55N9O12/c1-3-17-63-19-21-65-23-24-66-22-20-64-18-12-37(58)53(45(28-55,29-56)30-57)14-7-13-47-43(60)41-50-31-54(51-41)42-39-38(36(62-2)27-49-42)35(26-48-39)40(59)44(61)52-15-10-33(11-16-52)34(25-46)32-8-5-4-6-9-32/h1,4-6,8-9,26-27,31,48,55-57H,7,10-24,28-30H2,2H3,(H,47,60). The molecule has 1 aliphatic heterocycles. The minimum atomic E-state index is -1.66. The number of allylic oxidation sites excluding steroid dienone is 1. The van der Waals surface area contributed by atoms with E-state index < -0.39 is 48.9 Å². The molecule has 5 N–H and O–H groups in total. The van der Waals surface area contributed by atoms with E-state index in [-0.39, 0.29) is 99.3 Å². The fourth-order valence-electron chi connectivity index (χ4n) is 7.16. The Kier molecular flexibility index (Phi) is 19.7. The summed E-state index contributed by atoms with van der Waals surface area (Å²) >= 11 is 0. The topological polar surface area (TPSA) is 277 Å². The highest BCUT2D eigenvalue weighted by molar-refractivity contribution is 6.45. The lowest BCUT2D eigenvalue weighted by Gasteiger charge is -2.40. The molecule has 0 radical (unpaired) electrons. The van der Waals surface area contributed by atoms with Crippen LogP contribution in [0, 0.1) is 23.7 Å². The Hall–Kier alpha value is -6.56. The summed E-state index contributed by atoms with van der Waals surface area (Å²) in [6.07, 6.45) is 10.0. The van der Waals surface area contributed by atoms with Crippen LogP contribution in [0.4, 0.5) is 0 Å². The van der Waals surface area contributed by atoms with Gasteiger partial charge in [-0.15, -0.1) is 11.5 Å². The molecule has 1 aromatic carbocycles. The SMILES string of the molecule is C#CCOCCOCCOCCOCCC(=O)N(CCCNC(=O)c1ncn(-c2ncc(OC)c3c(C(=O)C(=O)N4CCC(=C(C#N)c5ccccc5)CC4)c[nH]c23)n1)C(CO)(CO)CO. The molecular formula is C45H55N9O12. The highest BCUT2D eigenvalue weighted by atomic mass is 16.6. The molecule has 3 amide bonds. The lowest BCUT2D eigenvalue weighted by molar-refractivity contribution is -0.147. The molecule has 0 saturated carbocycles. The van der Waals surface area contributed by atoms with Crippen molar-refractivity contribution >= 4 is 40.0 Å². The molecule has 4 aromatic rings. The number of piperidine rings is 1. The van der Waals surface area contributed by atoms with Gasteiger partial charge in [0.05, 0.1) is 114 Å². The van der Waals surface area contributed by atoms with Crippen LogP contribution in [0.2, 0.25) is 0 Å². The second-order valence-electron chi connectivity index (χ2n) is 14.9. The van der Waals surface area contributed by atoms with Crippen LogP contribution in [0.5, 0.6) is 5.75 Å². The first kappa shape index (κ1) is 50.4. The molecule has 0 unspecified atom stereocenters. The number of carbonyl (C=O) groups excluding carboxylic acids is 4. The van der Waals surface area contributed by atoms with Gasteiger partial charge in [-0.1, -0.05) is 36.3 Å². The summed E-state index contributed by atoms with van der Waals surface area (Å²) in [5, 5.41) is 47.4. The first-order valence-corrected chi connectivity index (χ1v) is 21.3. The van der Waals surface area contributed by atoms with E-state index in [1.807, 2.05) is 30.3 Å². The van der Waals surface area contributed by atoms with Gasteiger partial charge in [-0.3, -0.25) is 19.2 Å². The zero-order valence-corrected chi connectivity index (χ0v) is 36.8. The highest BCUT2D eigenvalue weighted by Crippen LogP contribution is 2.33. The highest BCUT2D eigenvalue weighted by Gasteiger charge is 2.38. The van der Waals surface area contributed by atoms with Crippen LogP contribution in [-0.2, 0) is 28.5 Å². The Bertz CT molecular complexity index is 2350. The number of nitrogens with zero attached hydrogens (tertiary/aromatic N) is 7. The summed E-state index contributed by atoms with van der Waals surface area (Å²) in [6.45, 7) is 0.493. The number of aliphatic hydroxyl groups is 3. The van der Waals surface area contributed by atoms with Crippen molar-refractivity contribution in [2.24, 2.45) is 0 Å². The summed E-state index contributed by atoms with van der Waals surface area (Å²) in [5.41, 5.74) is 0.973. The first-order chi connectivity index (χ1) is 32.2. The lowest BCUT2D eigenvalue weighted by atomic mass is 9.93. The van der Waals surface area contributed by atoms with E-state index in [0.29, 0.717) is 44.8 Å². The van der Waals surface area contributed by atoms with Gasteiger partial charge in [-0.25, -0.2) is 9.97 Å². The molecule has 1 saturated heterocycles. The van der Waals surface area contributed by atoms with E-state index in [9.17, 15) is 39.8 Å². The van der Waals surface area contributed by atoms with Crippen LogP contribution in [-0.4, -0.2) is 185 Å². The third-order valence-corrected chi connectivity index (χ3v) is 10.8. The van der Waals surface area contributed by atoms with Gasteiger partial charge in [-0.05, 0) is 30.4 Å². The zero-order valence-electron chi connectivity index (χ0n) is 36.8. The molecule has 3 aromatic heterocycles. The predicted octanol–water partition coefficient (Wildman–Crippen LogP) is 0.689. The van der Waals surface area contributed by atoms with Crippen molar-refractivity contribution in [2.75, 3.05) is 106 Å². The normalized spacial score (nSPS) is 12.7. The number of ketones is 1. The van der Waals surface area contributed by atoms with Gasteiger partial charge in [0, 0.05) is 32.4 Å². The number of benzene rings is 1. The summed E-state index contributed by atoms with van der Waals surface area (Å²) in [6, 6.07) is 11.6. The first-order valence-electron chi connectivity index (χ1n) is 21.3. The number of Topliss-reactive ketones (excluding diaryl/α,β-unsaturated/α-hetero) is 1. The largest absolute Gasteiger partial charge is 0.494 e. The van der Waals surface area contributed by atoms with Crippen LogP contribution < -0.4 is 10.1 Å². The molecule has 4 heterocycles. The van der Waals surface area contributed by atoms with Crippen LogP contribution in [0.3, 0.4) is 0 Å². The van der Waals surface area contributed by atoms with Crippen molar-refractivity contribution in [1.82, 2.24) is 39.8 Å². The third kappa shape index (κ3) is 12.8. The van der Waals surface area contributed by atoms with Crippen LogP contribution in [0.1, 0.15) is 52.2 Å². The van der Waals surface area contributed by atoms with E-state index in [2.05, 4.69) is 37.4 Å². The Morgan fingerprint density at radius 1 is 0.939 bits per heavy atom. The maximum atomic E-state index is 13.8. The number of aromatic nitrogens is 5. The molecule has 0 atom stereocenters. The molecule has 1 aliphatic rings. The number of aromatic amines is 1. The number of H-pyrrole nitrogens is 1. The number of aliphatic hydroxyl groups excluding tert-OH is 3. The number of likely N-dealkylation sites (tertiary alicyclic amines) is 1. The maximum Gasteiger partial charge on any atom is 0.295 e. The van der Waals surface area contributed by atoms with Crippen molar-refractivity contribution in [2.45, 2.75) is 31.2 Å². The number of nitrogens with one attached hydrogen (secondary N) is 2. The Morgan fingerprint density at radius 2 is 1.59 bits per heavy atom. The number of terminal acetylenes is 1. The Balaban J connectivity index is 1.14. The average Bonchev–Trinajstić information content (AvgIpc) is 4.03. The number of ether oxygens (including phenoxy) is 5. The molecule has 21 nitrogen and oxygen atoms in total. The zero-order chi connectivity index (χ0) is 47.3. The predicted molar refractivity (Wildman–Crippen MR) is 236 cm³/mol. The number of amides is 3. The second kappa shape index (κ2) is 25.8. The number of hydrogen-bond acceptors (Lipinski definition) is 16. The summed E-state index contributed by atoms with van der Waals surface area (Å²) in [5.74, 6) is -0.133. The monoisotopic (exact) mass is 913 g/mol. The van der Waals surface area contributed by atoms with E-state index >= 15 is 0 Å². The van der Waals surface area contributed by atoms with Gasteiger partial charge in [-0.2, -0.15) is 9.94 Å². The maximum absolute atomic E-state index is 13.8. The van der Waals surface area contributed by atoms with Crippen LogP contribution in [0.15, 0.2) is 54.6 Å². The van der Waals surface area contributed by atoms with Crippen LogP contribution in [0.25, 0.3) is 22.3 Å². The fourth-order valence-corrected chi connectivity index (χ4v) is 7.16. The Labute approximate surface area is 381 Å². The minimum Gasteiger partial charge on any atom is -0.494 e. The number of rotatable bonds is 27. The van der Waals surface area contributed by atoms with E-state index in [1.54, 1.807) is 0 Å². The van der Waals surface area contributed by atoms with Crippen molar-refractivity contribution < 1.29 is 58.2 Å². The molecule has 352 valence electrons. The van der Waals surface area contributed by atoms with Gasteiger partial charge in [0.2, 0.25) is 11.7 Å². The second-order valence-corrected chi connectivity index (χ2v) is 14.9. The molecule has 0 bridgehead atoms. The molecule has 66 heavy (non-hydrogen) atoms. The molecular weight excluding hydrogens is 859 g/mol. The lowest BCUT2D eigenvalue weighted by Crippen LogP contribution is -2.60. The number of hydrogen-bond donors (Lipinski definition) is 5. The number of carbonyl (C=O) groups is 4. The Morgan fingerprint density at radius 3 is 2.21 bits per heavy atom. The van der Waals surface area contributed by atoms with Crippen molar-refractivity contribution in [3.8, 4) is 30.0 Å². The number of pyridine rings is 1.